The molecule has 1 aliphatic rings. The van der Waals surface area contributed by atoms with E-state index in [9.17, 15) is 14.9 Å². The third-order valence-electron chi connectivity index (χ3n) is 3.80. The molecule has 2 rings (SSSR count). The van der Waals surface area contributed by atoms with Crippen molar-refractivity contribution in [1.29, 1.82) is 0 Å². The summed E-state index contributed by atoms with van der Waals surface area (Å²) in [5, 5.41) is 10.7. The topological polar surface area (TPSA) is 72.7 Å². The first-order valence-electron chi connectivity index (χ1n) is 7.23. The van der Waals surface area contributed by atoms with Crippen LogP contribution in [0.25, 0.3) is 0 Å². The smallest absolute Gasteiger partial charge is 0.273 e. The second kappa shape index (κ2) is 7.27. The van der Waals surface area contributed by atoms with Crippen molar-refractivity contribution in [3.8, 4) is 0 Å². The van der Waals surface area contributed by atoms with E-state index < -0.39 is 10.2 Å². The number of para-hydroxylation sites is 1. The molecular weight excluding hydrogens is 336 g/mol. The predicted molar refractivity (Wildman–Crippen MR) is 93.5 cm³/mol. The van der Waals surface area contributed by atoms with E-state index in [0.717, 1.165) is 0 Å². The molecule has 0 aromatic heterocycles. The summed E-state index contributed by atoms with van der Waals surface area (Å²) < 4.78 is 5.31. The number of hydrogen-bond acceptors (Lipinski definition) is 6. The summed E-state index contributed by atoms with van der Waals surface area (Å²) in [4.78, 5) is 24.7. The molecule has 1 saturated heterocycles. The van der Waals surface area contributed by atoms with Gasteiger partial charge in [0.25, 0.3) is 10.9 Å². The van der Waals surface area contributed by atoms with Crippen LogP contribution in [0.2, 0.25) is 0 Å². The van der Waals surface area contributed by atoms with Crippen LogP contribution < -0.4 is 0 Å². The summed E-state index contributed by atoms with van der Waals surface area (Å²) >= 11 is 9.49. The Bertz CT molecular complexity index is 636. The lowest BCUT2D eigenvalue weighted by atomic mass is 10.0. The van der Waals surface area contributed by atoms with Crippen LogP contribution in [-0.4, -0.2) is 33.6 Å². The van der Waals surface area contributed by atoms with Crippen LogP contribution in [0.4, 0.5) is 5.69 Å². The van der Waals surface area contributed by atoms with Gasteiger partial charge in [0.2, 0.25) is 5.91 Å². The maximum absolute atomic E-state index is 12.6. The van der Waals surface area contributed by atoms with Gasteiger partial charge in [0.05, 0.1) is 11.0 Å². The fourth-order valence-electron chi connectivity index (χ4n) is 2.52. The molecule has 1 aromatic rings. The number of nitrogens with zero attached hydrogens (tertiary/aromatic N) is 2. The summed E-state index contributed by atoms with van der Waals surface area (Å²) in [5.41, 5.74) is 0.377. The molecule has 8 heteroatoms. The summed E-state index contributed by atoms with van der Waals surface area (Å²) in [7, 11) is 0. The molecule has 1 amide bonds. The predicted octanol–water partition coefficient (Wildman–Crippen LogP) is 3.12. The number of ether oxygens (including phenoxy) is 1. The number of amides is 1. The van der Waals surface area contributed by atoms with Crippen molar-refractivity contribution in [3.05, 3.63) is 39.9 Å². The first kappa shape index (κ1) is 17.7. The van der Waals surface area contributed by atoms with Crippen molar-refractivity contribution in [1.82, 2.24) is 4.90 Å². The average molecular weight is 354 g/mol. The summed E-state index contributed by atoms with van der Waals surface area (Å²) in [5.74, 6) is -0.0341. The van der Waals surface area contributed by atoms with Crippen LogP contribution in [0, 0.1) is 16.0 Å². The van der Waals surface area contributed by atoms with Crippen molar-refractivity contribution in [2.75, 3.05) is 6.61 Å². The number of nitro groups is 1. The minimum atomic E-state index is -0.583. The van der Waals surface area contributed by atoms with Gasteiger partial charge in [0.15, 0.2) is 0 Å². The zero-order valence-electron chi connectivity index (χ0n) is 12.8. The Morgan fingerprint density at radius 1 is 1.52 bits per heavy atom. The lowest BCUT2D eigenvalue weighted by Gasteiger charge is -2.25. The molecule has 6 nitrogen and oxygen atoms in total. The van der Waals surface area contributed by atoms with Gasteiger partial charge in [0.1, 0.15) is 6.61 Å². The fraction of sp³-hybridized carbons (Fsp3) is 0.467. The number of benzene rings is 1. The normalized spacial score (nSPS) is 18.9. The molecule has 2 atom stereocenters. The molecule has 1 aromatic carbocycles. The van der Waals surface area contributed by atoms with Gasteiger partial charge in [-0.1, -0.05) is 32.0 Å². The molecule has 124 valence electrons. The van der Waals surface area contributed by atoms with Gasteiger partial charge in [-0.25, -0.2) is 0 Å². The SMILES string of the molecule is CC(C)[C@H]1COC(=S)N1C(=O)C[C@H](S)c1ccccc1[N+](=O)[O-]. The maximum atomic E-state index is 12.6. The lowest BCUT2D eigenvalue weighted by molar-refractivity contribution is -0.385. The molecule has 1 heterocycles. The first-order valence-corrected chi connectivity index (χ1v) is 8.15. The molecule has 23 heavy (non-hydrogen) atoms. The van der Waals surface area contributed by atoms with Crippen molar-refractivity contribution < 1.29 is 14.5 Å². The average Bonchev–Trinajstić information content (AvgIpc) is 2.89. The van der Waals surface area contributed by atoms with Crippen LogP contribution in [0.3, 0.4) is 0 Å². The minimum absolute atomic E-state index is 0.0146. The fourth-order valence-corrected chi connectivity index (χ4v) is 3.20. The third kappa shape index (κ3) is 3.81. The van der Waals surface area contributed by atoms with E-state index in [-0.39, 0.29) is 35.1 Å². The van der Waals surface area contributed by atoms with Gasteiger partial charge in [-0.3, -0.25) is 19.8 Å². The van der Waals surface area contributed by atoms with E-state index in [1.165, 1.54) is 11.0 Å². The summed E-state index contributed by atoms with van der Waals surface area (Å²) in [6, 6.07) is 6.19. The Kier molecular flexibility index (Phi) is 5.59. The number of rotatable bonds is 5. The molecule has 0 unspecified atom stereocenters. The van der Waals surface area contributed by atoms with Crippen LogP contribution >= 0.6 is 24.8 Å². The van der Waals surface area contributed by atoms with Crippen molar-refractivity contribution >= 4 is 41.6 Å². The van der Waals surface area contributed by atoms with Crippen LogP contribution in [0.15, 0.2) is 24.3 Å². The van der Waals surface area contributed by atoms with Crippen molar-refractivity contribution in [3.63, 3.8) is 0 Å². The van der Waals surface area contributed by atoms with E-state index in [4.69, 9.17) is 17.0 Å². The molecule has 0 bridgehead atoms. The highest BCUT2D eigenvalue weighted by Crippen LogP contribution is 2.33. The minimum Gasteiger partial charge on any atom is -0.468 e. The number of carbonyl (C=O) groups is 1. The van der Waals surface area contributed by atoms with E-state index in [1.807, 2.05) is 13.8 Å². The third-order valence-corrected chi connectivity index (χ3v) is 4.58. The number of nitro benzene ring substituents is 1. The van der Waals surface area contributed by atoms with E-state index in [2.05, 4.69) is 12.6 Å². The summed E-state index contributed by atoms with van der Waals surface area (Å²) in [6.07, 6.45) is 0.0146. The van der Waals surface area contributed by atoms with Gasteiger partial charge in [-0.2, -0.15) is 12.6 Å². The van der Waals surface area contributed by atoms with Gasteiger partial charge in [0, 0.05) is 23.3 Å². The molecule has 0 spiro atoms. The Hall–Kier alpha value is -1.67. The Balaban J connectivity index is 2.17. The van der Waals surface area contributed by atoms with Gasteiger partial charge >= 0.3 is 0 Å². The van der Waals surface area contributed by atoms with E-state index in [1.54, 1.807) is 18.2 Å². The second-order valence-electron chi connectivity index (χ2n) is 5.69. The highest BCUT2D eigenvalue weighted by atomic mass is 32.1. The Morgan fingerprint density at radius 3 is 2.78 bits per heavy atom. The monoisotopic (exact) mass is 354 g/mol. The van der Waals surface area contributed by atoms with Gasteiger partial charge in [-0.15, -0.1) is 0 Å². The largest absolute Gasteiger partial charge is 0.468 e. The molecule has 0 saturated carbocycles. The molecule has 0 N–H and O–H groups in total. The first-order chi connectivity index (χ1) is 10.8. The van der Waals surface area contributed by atoms with Crippen molar-refractivity contribution in [2.24, 2.45) is 5.92 Å². The highest BCUT2D eigenvalue weighted by molar-refractivity contribution is 7.80. The van der Waals surface area contributed by atoms with Gasteiger partial charge in [-0.05, 0) is 18.1 Å². The van der Waals surface area contributed by atoms with Gasteiger partial charge < -0.3 is 4.74 Å². The second-order valence-corrected chi connectivity index (χ2v) is 6.66. The lowest BCUT2D eigenvalue weighted by Crippen LogP contribution is -2.42. The van der Waals surface area contributed by atoms with Crippen LogP contribution in [-0.2, 0) is 9.53 Å². The highest BCUT2D eigenvalue weighted by Gasteiger charge is 2.37. The molecular formula is C15H18N2O4S2. The summed E-state index contributed by atoms with van der Waals surface area (Å²) in [6.45, 7) is 4.36. The maximum Gasteiger partial charge on any atom is 0.273 e. The number of hydrogen-bond donors (Lipinski definition) is 1. The quantitative estimate of drug-likeness (QED) is 0.381. The number of thiocarbonyl (C=S) groups is 1. The zero-order valence-corrected chi connectivity index (χ0v) is 14.5. The Labute approximate surface area is 145 Å². The van der Waals surface area contributed by atoms with Crippen LogP contribution in [0.1, 0.15) is 31.1 Å². The zero-order chi connectivity index (χ0) is 17.1. The Morgan fingerprint density at radius 2 is 2.17 bits per heavy atom. The molecule has 0 radical (unpaired) electrons. The standard InChI is InChI=1S/C15H18N2O4S2/c1-9(2)12-8-21-15(23)16(12)14(18)7-13(22)10-5-3-4-6-11(10)17(19)20/h3-6,9,12-13,22H,7-8H2,1-2H3/t12-,13+/m1/s1. The number of thiol groups is 1. The number of carbonyl (C=O) groups excluding carboxylic acids is 1. The van der Waals surface area contributed by atoms with E-state index >= 15 is 0 Å². The molecule has 0 aliphatic carbocycles. The van der Waals surface area contributed by atoms with Crippen LogP contribution in [0.5, 0.6) is 0 Å². The molecule has 1 aliphatic heterocycles. The van der Waals surface area contributed by atoms with Crippen molar-refractivity contribution in [2.45, 2.75) is 31.6 Å². The van der Waals surface area contributed by atoms with E-state index in [0.29, 0.717) is 12.2 Å². The molecule has 1 fully saturated rings.